The first-order valence-electron chi connectivity index (χ1n) is 6.82. The van der Waals surface area contributed by atoms with Gasteiger partial charge in [-0.2, -0.15) is 5.10 Å². The third kappa shape index (κ3) is 3.52. The first-order valence-corrected chi connectivity index (χ1v) is 6.82. The van der Waals surface area contributed by atoms with E-state index in [1.165, 1.54) is 35.5 Å². The fourth-order valence-corrected chi connectivity index (χ4v) is 1.99. The lowest BCUT2D eigenvalue weighted by Gasteiger charge is -2.06. The normalized spacial score (nSPS) is 11.0. The van der Waals surface area contributed by atoms with Crippen LogP contribution in [0.3, 0.4) is 0 Å². The molecule has 0 aliphatic carbocycles. The van der Waals surface area contributed by atoms with Crippen molar-refractivity contribution < 1.29 is 13.6 Å². The van der Waals surface area contributed by atoms with E-state index in [2.05, 4.69) is 15.4 Å². The predicted molar refractivity (Wildman–Crippen MR) is 82.4 cm³/mol. The average Bonchev–Trinajstić information content (AvgIpc) is 3.17. The highest BCUT2D eigenvalue weighted by Gasteiger charge is 2.07. The molecule has 7 heteroatoms. The summed E-state index contributed by atoms with van der Waals surface area (Å²) < 4.78 is 20.7. The average molecular weight is 312 g/mol. The van der Waals surface area contributed by atoms with Crippen molar-refractivity contribution in [1.82, 2.24) is 14.8 Å². The summed E-state index contributed by atoms with van der Waals surface area (Å²) in [7, 11) is 0. The van der Waals surface area contributed by atoms with Crippen molar-refractivity contribution in [3.05, 3.63) is 66.4 Å². The van der Waals surface area contributed by atoms with Crippen LogP contribution >= 0.6 is 0 Å². The molecule has 0 unspecified atom stereocenters. The molecule has 1 N–H and O–H groups in total. The number of nitrogens with zero attached hydrogens (tertiary/aromatic N) is 3. The van der Waals surface area contributed by atoms with Gasteiger partial charge in [0.15, 0.2) is 5.82 Å². The van der Waals surface area contributed by atoms with Gasteiger partial charge in [-0.15, -0.1) is 0 Å². The molecule has 23 heavy (non-hydrogen) atoms. The number of halogens is 1. The van der Waals surface area contributed by atoms with Crippen LogP contribution in [0.5, 0.6) is 0 Å². The number of furan rings is 1. The maximum absolute atomic E-state index is 14.0. The number of hydrogen-bond donors (Lipinski definition) is 1. The number of carbonyl (C=O) groups is 1. The molecule has 2 heterocycles. The first kappa shape index (κ1) is 14.7. The van der Waals surface area contributed by atoms with Crippen molar-refractivity contribution in [2.45, 2.75) is 6.92 Å². The van der Waals surface area contributed by atoms with Gasteiger partial charge in [0, 0.05) is 11.8 Å². The standard InChI is InChI=1S/C16H13FN4O2/c1-11-2-4-13(23-11)5-7-16(22)20-12-3-6-15(14(17)8-12)21-10-18-9-19-21/h2-10H,1H3,(H,20,22)/b7-5-. The van der Waals surface area contributed by atoms with Gasteiger partial charge in [-0.1, -0.05) is 0 Å². The van der Waals surface area contributed by atoms with Gasteiger partial charge in [-0.25, -0.2) is 14.1 Å². The van der Waals surface area contributed by atoms with Crippen LogP contribution in [-0.2, 0) is 4.79 Å². The molecule has 0 saturated carbocycles. The topological polar surface area (TPSA) is 73.0 Å². The molecule has 1 amide bonds. The summed E-state index contributed by atoms with van der Waals surface area (Å²) in [5, 5.41) is 6.44. The molecule has 0 bridgehead atoms. The maximum Gasteiger partial charge on any atom is 0.248 e. The van der Waals surface area contributed by atoms with E-state index in [0.29, 0.717) is 11.4 Å². The lowest BCUT2D eigenvalue weighted by atomic mass is 10.2. The SMILES string of the molecule is Cc1ccc(/C=C\C(=O)Nc2ccc(-n3cncn3)c(F)c2)o1. The second-order valence-corrected chi connectivity index (χ2v) is 4.78. The lowest BCUT2D eigenvalue weighted by molar-refractivity contribution is -0.111. The molecule has 2 aromatic heterocycles. The van der Waals surface area contributed by atoms with Crippen LogP contribution in [-0.4, -0.2) is 20.7 Å². The summed E-state index contributed by atoms with van der Waals surface area (Å²) in [6.45, 7) is 1.82. The number of aryl methyl sites for hydroxylation is 1. The van der Waals surface area contributed by atoms with E-state index < -0.39 is 5.82 Å². The Morgan fingerprint density at radius 2 is 2.22 bits per heavy atom. The molecule has 0 aliphatic rings. The van der Waals surface area contributed by atoms with E-state index in [-0.39, 0.29) is 11.6 Å². The van der Waals surface area contributed by atoms with Crippen molar-refractivity contribution in [2.75, 3.05) is 5.32 Å². The molecule has 6 nitrogen and oxygen atoms in total. The Kier molecular flexibility index (Phi) is 4.01. The van der Waals surface area contributed by atoms with Crippen molar-refractivity contribution in [1.29, 1.82) is 0 Å². The fraction of sp³-hybridized carbons (Fsp3) is 0.0625. The summed E-state index contributed by atoms with van der Waals surface area (Å²) in [5.41, 5.74) is 0.596. The third-order valence-electron chi connectivity index (χ3n) is 3.04. The summed E-state index contributed by atoms with van der Waals surface area (Å²) in [6, 6.07) is 7.88. The zero-order valence-corrected chi connectivity index (χ0v) is 12.2. The van der Waals surface area contributed by atoms with Crippen molar-refractivity contribution in [2.24, 2.45) is 0 Å². The van der Waals surface area contributed by atoms with Crippen LogP contribution in [0, 0.1) is 12.7 Å². The molecule has 3 aromatic rings. The molecule has 1 aromatic carbocycles. The van der Waals surface area contributed by atoms with Gasteiger partial charge in [-0.3, -0.25) is 4.79 Å². The molecule has 0 fully saturated rings. The summed E-state index contributed by atoms with van der Waals surface area (Å²) in [6.07, 6.45) is 5.57. The predicted octanol–water partition coefficient (Wildman–Crippen LogP) is 2.96. The van der Waals surface area contributed by atoms with Crippen LogP contribution in [0.2, 0.25) is 0 Å². The zero-order chi connectivity index (χ0) is 16.2. The number of nitrogens with one attached hydrogen (secondary N) is 1. The third-order valence-corrected chi connectivity index (χ3v) is 3.04. The highest BCUT2D eigenvalue weighted by molar-refractivity contribution is 6.01. The van der Waals surface area contributed by atoms with Crippen LogP contribution in [0.1, 0.15) is 11.5 Å². The Labute approximate surface area is 131 Å². The number of amides is 1. The van der Waals surface area contributed by atoms with Gasteiger partial charge < -0.3 is 9.73 Å². The Morgan fingerprint density at radius 1 is 1.35 bits per heavy atom. The van der Waals surface area contributed by atoms with Crippen LogP contribution < -0.4 is 5.32 Å². The second-order valence-electron chi connectivity index (χ2n) is 4.78. The van der Waals surface area contributed by atoms with Crippen LogP contribution in [0.15, 0.2) is 53.5 Å². The number of aromatic nitrogens is 3. The molecule has 0 saturated heterocycles. The maximum atomic E-state index is 14.0. The van der Waals surface area contributed by atoms with E-state index in [4.69, 9.17) is 4.42 Å². The van der Waals surface area contributed by atoms with E-state index in [9.17, 15) is 9.18 Å². The highest BCUT2D eigenvalue weighted by atomic mass is 19.1. The van der Waals surface area contributed by atoms with Gasteiger partial charge >= 0.3 is 0 Å². The van der Waals surface area contributed by atoms with Crippen molar-refractivity contribution in [3.8, 4) is 5.69 Å². The number of benzene rings is 1. The number of rotatable bonds is 4. The highest BCUT2D eigenvalue weighted by Crippen LogP contribution is 2.17. The quantitative estimate of drug-likeness (QED) is 0.752. The lowest BCUT2D eigenvalue weighted by Crippen LogP contribution is -2.08. The minimum Gasteiger partial charge on any atom is -0.462 e. The first-order chi connectivity index (χ1) is 11.1. The number of carbonyl (C=O) groups excluding carboxylic acids is 1. The molecule has 0 spiro atoms. The van der Waals surface area contributed by atoms with E-state index >= 15 is 0 Å². The van der Waals surface area contributed by atoms with E-state index in [1.807, 2.05) is 6.92 Å². The molecule has 3 rings (SSSR count). The Hall–Kier alpha value is -3.22. The van der Waals surface area contributed by atoms with Crippen molar-refractivity contribution >= 4 is 17.7 Å². The summed E-state index contributed by atoms with van der Waals surface area (Å²) in [4.78, 5) is 15.6. The zero-order valence-electron chi connectivity index (χ0n) is 12.2. The van der Waals surface area contributed by atoms with Gasteiger partial charge in [0.1, 0.15) is 29.9 Å². The molecule has 0 radical (unpaired) electrons. The van der Waals surface area contributed by atoms with Gasteiger partial charge in [0.25, 0.3) is 0 Å². The molecule has 116 valence electrons. The molecular formula is C16H13FN4O2. The number of anilines is 1. The number of hydrogen-bond acceptors (Lipinski definition) is 4. The summed E-state index contributed by atoms with van der Waals surface area (Å²) in [5.74, 6) is 0.437. The Morgan fingerprint density at radius 3 is 2.87 bits per heavy atom. The van der Waals surface area contributed by atoms with Crippen molar-refractivity contribution in [3.63, 3.8) is 0 Å². The smallest absolute Gasteiger partial charge is 0.248 e. The van der Waals surface area contributed by atoms with Gasteiger partial charge in [0.2, 0.25) is 5.91 Å². The van der Waals surface area contributed by atoms with Crippen LogP contribution in [0.4, 0.5) is 10.1 Å². The van der Waals surface area contributed by atoms with Gasteiger partial charge in [0.05, 0.1) is 0 Å². The monoisotopic (exact) mass is 312 g/mol. The van der Waals surface area contributed by atoms with Crippen LogP contribution in [0.25, 0.3) is 11.8 Å². The van der Waals surface area contributed by atoms with E-state index in [1.54, 1.807) is 24.3 Å². The second kappa shape index (κ2) is 6.27. The minimum absolute atomic E-state index is 0.252. The Balaban J connectivity index is 1.69. The minimum atomic E-state index is -0.515. The molecule has 0 aliphatic heterocycles. The molecule has 0 atom stereocenters. The Bertz CT molecular complexity index is 853. The fourth-order valence-electron chi connectivity index (χ4n) is 1.99. The summed E-state index contributed by atoms with van der Waals surface area (Å²) >= 11 is 0. The molecular weight excluding hydrogens is 299 g/mol. The largest absolute Gasteiger partial charge is 0.462 e. The van der Waals surface area contributed by atoms with Gasteiger partial charge in [-0.05, 0) is 43.3 Å². The van der Waals surface area contributed by atoms with E-state index in [0.717, 1.165) is 5.76 Å².